The quantitative estimate of drug-likeness (QED) is 0.859. The Morgan fingerprint density at radius 3 is 3.04 bits per heavy atom. The Kier molecular flexibility index (Phi) is 4.53. The second-order valence-electron chi connectivity index (χ2n) is 5.54. The Morgan fingerprint density at radius 1 is 1.43 bits per heavy atom. The summed E-state index contributed by atoms with van der Waals surface area (Å²) in [4.78, 5) is 4.36. The average Bonchev–Trinajstić information content (AvgIpc) is 3.00. The van der Waals surface area contributed by atoms with E-state index in [4.69, 9.17) is 5.26 Å². The number of imidazole rings is 1. The minimum Gasteiger partial charge on any atom is -0.335 e. The van der Waals surface area contributed by atoms with Crippen molar-refractivity contribution in [2.75, 3.05) is 6.54 Å². The van der Waals surface area contributed by atoms with Gasteiger partial charge in [0.15, 0.2) is 0 Å². The second-order valence-corrected chi connectivity index (χ2v) is 8.22. The van der Waals surface area contributed by atoms with E-state index in [1.54, 1.807) is 12.3 Å². The summed E-state index contributed by atoms with van der Waals surface area (Å²) < 4.78 is 30.1. The molecule has 23 heavy (non-hydrogen) atoms. The number of aryl methyl sites for hydroxylation is 1. The summed E-state index contributed by atoms with van der Waals surface area (Å²) in [5, 5.41) is 8.96. The van der Waals surface area contributed by atoms with Gasteiger partial charge >= 0.3 is 0 Å². The predicted molar refractivity (Wildman–Crippen MR) is 88.1 cm³/mol. The van der Waals surface area contributed by atoms with Gasteiger partial charge in [-0.3, -0.25) is 0 Å². The number of fused-ring (bicyclic) bond motifs is 1. The highest BCUT2D eigenvalue weighted by Gasteiger charge is 2.22. The van der Waals surface area contributed by atoms with Crippen LogP contribution < -0.4 is 4.72 Å². The van der Waals surface area contributed by atoms with Crippen LogP contribution in [0.3, 0.4) is 0 Å². The highest BCUT2D eigenvalue weighted by atomic mass is 79.9. The molecule has 1 aromatic carbocycles. The van der Waals surface area contributed by atoms with Crippen molar-refractivity contribution in [3.8, 4) is 6.07 Å². The fourth-order valence-corrected chi connectivity index (χ4v) is 4.53. The summed E-state index contributed by atoms with van der Waals surface area (Å²) in [6.07, 6.45) is 5.45. The fraction of sp³-hybridized carbons (Fsp3) is 0.333. The number of nitrogens with zero attached hydrogens (tertiary/aromatic N) is 3. The highest BCUT2D eigenvalue weighted by Crippen LogP contribution is 2.21. The topological polar surface area (TPSA) is 87.8 Å². The number of benzene rings is 1. The molecule has 0 unspecified atom stereocenters. The van der Waals surface area contributed by atoms with Gasteiger partial charge in [-0.15, -0.1) is 0 Å². The van der Waals surface area contributed by atoms with Crippen LogP contribution in [0.5, 0.6) is 0 Å². The van der Waals surface area contributed by atoms with Gasteiger partial charge in [0.2, 0.25) is 10.0 Å². The number of aromatic nitrogens is 2. The van der Waals surface area contributed by atoms with E-state index in [9.17, 15) is 8.42 Å². The average molecular weight is 395 g/mol. The van der Waals surface area contributed by atoms with E-state index < -0.39 is 10.0 Å². The smallest absolute Gasteiger partial charge is 0.240 e. The van der Waals surface area contributed by atoms with Gasteiger partial charge in [-0.1, -0.05) is 15.9 Å². The zero-order valence-corrected chi connectivity index (χ0v) is 14.6. The van der Waals surface area contributed by atoms with E-state index in [1.165, 1.54) is 12.1 Å². The molecule has 6 nitrogen and oxygen atoms in total. The predicted octanol–water partition coefficient (Wildman–Crippen LogP) is 2.06. The maximum Gasteiger partial charge on any atom is 0.240 e. The van der Waals surface area contributed by atoms with Crippen LogP contribution >= 0.6 is 15.9 Å². The SMILES string of the molecule is N#Cc1cc(Br)cc(S(=O)(=O)NC[C@@H]2CCc3nccn3C2)c1. The minimum absolute atomic E-state index is 0.0996. The number of sulfonamides is 1. The lowest BCUT2D eigenvalue weighted by molar-refractivity contribution is 0.363. The zero-order valence-electron chi connectivity index (χ0n) is 12.2. The first-order valence-corrected chi connectivity index (χ1v) is 9.46. The molecule has 0 saturated carbocycles. The molecule has 0 fully saturated rings. The van der Waals surface area contributed by atoms with Crippen molar-refractivity contribution in [2.24, 2.45) is 5.92 Å². The maximum atomic E-state index is 12.4. The van der Waals surface area contributed by atoms with Crippen LogP contribution in [-0.4, -0.2) is 24.5 Å². The molecule has 0 bridgehead atoms. The Hall–Kier alpha value is -1.69. The summed E-state index contributed by atoms with van der Waals surface area (Å²) in [6.45, 7) is 1.13. The van der Waals surface area contributed by atoms with Gasteiger partial charge in [0.05, 0.1) is 16.5 Å². The van der Waals surface area contributed by atoms with Gasteiger partial charge in [0.25, 0.3) is 0 Å². The highest BCUT2D eigenvalue weighted by molar-refractivity contribution is 9.10. The molecule has 2 heterocycles. The lowest BCUT2D eigenvalue weighted by Crippen LogP contribution is -2.33. The van der Waals surface area contributed by atoms with Gasteiger partial charge in [0.1, 0.15) is 5.82 Å². The van der Waals surface area contributed by atoms with Crippen molar-refractivity contribution in [1.29, 1.82) is 5.26 Å². The zero-order chi connectivity index (χ0) is 16.4. The molecule has 120 valence electrons. The first-order valence-electron chi connectivity index (χ1n) is 7.18. The number of nitriles is 1. The summed E-state index contributed by atoms with van der Waals surface area (Å²) in [5.74, 6) is 1.28. The molecule has 3 rings (SSSR count). The van der Waals surface area contributed by atoms with Crippen molar-refractivity contribution < 1.29 is 8.42 Å². The van der Waals surface area contributed by atoms with Gasteiger partial charge < -0.3 is 4.57 Å². The Balaban J connectivity index is 1.70. The number of rotatable bonds is 4. The number of halogens is 1. The molecule has 0 spiro atoms. The monoisotopic (exact) mass is 394 g/mol. The van der Waals surface area contributed by atoms with E-state index in [0.29, 0.717) is 16.6 Å². The third-order valence-corrected chi connectivity index (χ3v) is 5.77. The molecule has 1 N–H and O–H groups in total. The normalized spacial score (nSPS) is 17.5. The largest absolute Gasteiger partial charge is 0.335 e. The first-order chi connectivity index (χ1) is 11.0. The molecule has 0 saturated heterocycles. The van der Waals surface area contributed by atoms with Crippen LogP contribution in [0.4, 0.5) is 0 Å². The number of hydrogen-bond donors (Lipinski definition) is 1. The standard InChI is InChI=1S/C15H15BrN4O2S/c16-13-5-12(8-17)6-14(7-13)23(21,22)19-9-11-1-2-15-18-3-4-20(15)10-11/h3-7,11,19H,1-2,9-10H2/t11-/m0/s1. The molecule has 8 heteroatoms. The van der Waals surface area contributed by atoms with E-state index >= 15 is 0 Å². The van der Waals surface area contributed by atoms with Gasteiger partial charge in [-0.05, 0) is 30.5 Å². The van der Waals surface area contributed by atoms with E-state index in [-0.39, 0.29) is 10.8 Å². The van der Waals surface area contributed by atoms with Crippen LogP contribution in [0, 0.1) is 17.2 Å². The molecular weight excluding hydrogens is 380 g/mol. The van der Waals surface area contributed by atoms with Crippen molar-refractivity contribution in [3.05, 3.63) is 46.5 Å². The Bertz CT molecular complexity index is 870. The van der Waals surface area contributed by atoms with E-state index in [1.807, 2.05) is 12.3 Å². The van der Waals surface area contributed by atoms with E-state index in [0.717, 1.165) is 25.2 Å². The first kappa shape index (κ1) is 16.2. The van der Waals surface area contributed by atoms with Crippen molar-refractivity contribution in [2.45, 2.75) is 24.3 Å². The van der Waals surface area contributed by atoms with Crippen LogP contribution in [0.15, 0.2) is 40.0 Å². The number of hydrogen-bond acceptors (Lipinski definition) is 4. The molecular formula is C15H15BrN4O2S. The molecule has 1 aliphatic heterocycles. The van der Waals surface area contributed by atoms with Crippen LogP contribution in [0.25, 0.3) is 0 Å². The molecule has 2 aromatic rings. The lowest BCUT2D eigenvalue weighted by atomic mass is 10.00. The summed E-state index contributed by atoms with van der Waals surface area (Å²) in [6, 6.07) is 6.42. The summed E-state index contributed by atoms with van der Waals surface area (Å²) >= 11 is 3.23. The summed E-state index contributed by atoms with van der Waals surface area (Å²) in [5.41, 5.74) is 0.306. The van der Waals surface area contributed by atoms with E-state index in [2.05, 4.69) is 30.2 Å². The molecule has 0 aliphatic carbocycles. The number of nitrogens with one attached hydrogen (secondary N) is 1. The second kappa shape index (κ2) is 6.43. The maximum absolute atomic E-state index is 12.4. The van der Waals surface area contributed by atoms with Gasteiger partial charge in [0, 0.05) is 36.4 Å². The van der Waals surface area contributed by atoms with Crippen LogP contribution in [0.2, 0.25) is 0 Å². The van der Waals surface area contributed by atoms with Crippen molar-refractivity contribution in [3.63, 3.8) is 0 Å². The van der Waals surface area contributed by atoms with Crippen LogP contribution in [0.1, 0.15) is 17.8 Å². The third-order valence-electron chi connectivity index (χ3n) is 3.91. The molecule has 0 radical (unpaired) electrons. The minimum atomic E-state index is -3.63. The lowest BCUT2D eigenvalue weighted by Gasteiger charge is -2.23. The molecule has 1 atom stereocenters. The van der Waals surface area contributed by atoms with Crippen LogP contribution in [-0.2, 0) is 23.0 Å². The molecule has 1 aliphatic rings. The Morgan fingerprint density at radius 2 is 2.26 bits per heavy atom. The fourth-order valence-electron chi connectivity index (χ4n) is 2.70. The van der Waals surface area contributed by atoms with Crippen molar-refractivity contribution in [1.82, 2.24) is 14.3 Å². The van der Waals surface area contributed by atoms with Crippen molar-refractivity contribution >= 4 is 26.0 Å². The molecule has 1 aromatic heterocycles. The summed E-state index contributed by atoms with van der Waals surface area (Å²) in [7, 11) is -3.63. The molecule has 0 amide bonds. The van der Waals surface area contributed by atoms with Gasteiger partial charge in [-0.25, -0.2) is 18.1 Å². The third kappa shape index (κ3) is 3.63. The van der Waals surface area contributed by atoms with Gasteiger partial charge in [-0.2, -0.15) is 5.26 Å². The Labute approximate surface area is 143 Å².